The molecule has 9 aromatic rings. The van der Waals surface area contributed by atoms with Gasteiger partial charge in [0.2, 0.25) is 0 Å². The van der Waals surface area contributed by atoms with Gasteiger partial charge < -0.3 is 4.57 Å². The molecule has 1 heterocycles. The summed E-state index contributed by atoms with van der Waals surface area (Å²) in [6, 6.07) is 79.7. The van der Waals surface area contributed by atoms with Crippen LogP contribution in [0.25, 0.3) is 27.5 Å². The molecule has 0 saturated carbocycles. The Hall–Kier alpha value is -6.01. The van der Waals surface area contributed by atoms with Crippen molar-refractivity contribution in [1.29, 1.82) is 0 Å². The third kappa shape index (κ3) is 5.29. The summed E-state index contributed by atoms with van der Waals surface area (Å²) >= 11 is 0. The number of aryl methyl sites for hydroxylation is 1. The fourth-order valence-electron chi connectivity index (χ4n) is 8.64. The van der Waals surface area contributed by atoms with Crippen LogP contribution in [-0.4, -0.2) is 21.4 Å². The first-order chi connectivity index (χ1) is 25.7. The number of aromatic nitrogens is 1. The first-order valence-electron chi connectivity index (χ1n) is 18.1. The summed E-state index contributed by atoms with van der Waals surface area (Å²) in [6.45, 7) is 2.30. The molecule has 0 N–H and O–H groups in total. The van der Waals surface area contributed by atoms with E-state index in [1.54, 1.807) is 0 Å². The van der Waals surface area contributed by atoms with Gasteiger partial charge in [0.1, 0.15) is 8.80 Å². The van der Waals surface area contributed by atoms with E-state index in [1.165, 1.54) is 69.4 Å². The van der Waals surface area contributed by atoms with Gasteiger partial charge in [0.05, 0.1) is 11.0 Å². The molecule has 0 radical (unpaired) electrons. The number of benzene rings is 8. The Morgan fingerprint density at radius 3 is 1.50 bits per heavy atom. The van der Waals surface area contributed by atoms with Crippen LogP contribution in [0.15, 0.2) is 212 Å². The Morgan fingerprint density at radius 1 is 0.404 bits per heavy atom. The molecule has 0 spiro atoms. The van der Waals surface area contributed by atoms with Crippen LogP contribution in [0.3, 0.4) is 0 Å². The number of fused-ring (bicyclic) bond motifs is 3. The Morgan fingerprint density at radius 2 is 0.885 bits per heavy atom. The summed E-state index contributed by atoms with van der Waals surface area (Å²) in [5.41, 5.74) is 5.01. The lowest BCUT2D eigenvalue weighted by Gasteiger charge is -2.38. The Labute approximate surface area is 308 Å². The monoisotopic (exact) mass is 697 g/mol. The van der Waals surface area contributed by atoms with Crippen molar-refractivity contribution in [3.8, 4) is 5.69 Å². The quantitative estimate of drug-likeness (QED) is 0.123. The molecule has 3 heteroatoms. The molecule has 1 nitrogen and oxygen atoms in total. The van der Waals surface area contributed by atoms with Crippen molar-refractivity contribution in [2.24, 2.45) is 0 Å². The van der Waals surface area contributed by atoms with Gasteiger partial charge in [0, 0.05) is 16.5 Å². The standard InChI is InChI=1S/C49H39NSi2/c1-37-20-11-17-34-48(37)52(41-25-7-3-8-26-41,42-27-9-4-10-28-42)49-35-18-16-33-47(49)51(39-22-5-2-6-23-39)40-24-19-21-38(36-40)50-45-31-14-12-29-43(45)44-30-13-15-32-46(44)50/h2-36,51H,1H3. The van der Waals surface area contributed by atoms with Crippen molar-refractivity contribution >= 4 is 75.0 Å². The van der Waals surface area contributed by atoms with E-state index in [1.807, 2.05) is 0 Å². The number of hydrogen-bond donors (Lipinski definition) is 0. The van der Waals surface area contributed by atoms with Crippen LogP contribution in [0, 0.1) is 6.92 Å². The second-order valence-corrected chi connectivity index (χ2v) is 20.2. The zero-order chi connectivity index (χ0) is 34.9. The molecule has 52 heavy (non-hydrogen) atoms. The summed E-state index contributed by atoms with van der Waals surface area (Å²) in [4.78, 5) is 0. The molecule has 0 aliphatic rings. The van der Waals surface area contributed by atoms with Crippen LogP contribution in [0.4, 0.5) is 0 Å². The van der Waals surface area contributed by atoms with Gasteiger partial charge in [0.15, 0.2) is 8.07 Å². The van der Waals surface area contributed by atoms with Gasteiger partial charge in [-0.15, -0.1) is 0 Å². The second-order valence-electron chi connectivity index (χ2n) is 13.7. The highest BCUT2D eigenvalue weighted by Crippen LogP contribution is 2.31. The molecule has 0 bridgehead atoms. The molecule has 0 fully saturated rings. The predicted molar refractivity (Wildman–Crippen MR) is 228 cm³/mol. The fourth-order valence-corrected chi connectivity index (χ4v) is 17.9. The van der Waals surface area contributed by atoms with E-state index in [9.17, 15) is 0 Å². The van der Waals surface area contributed by atoms with Gasteiger partial charge >= 0.3 is 0 Å². The van der Waals surface area contributed by atoms with E-state index in [0.29, 0.717) is 0 Å². The van der Waals surface area contributed by atoms with Crippen LogP contribution in [0.1, 0.15) is 5.56 Å². The Balaban J connectivity index is 1.35. The fraction of sp³-hybridized carbons (Fsp3) is 0.0204. The average Bonchev–Trinajstić information content (AvgIpc) is 3.55. The molecule has 0 aliphatic carbocycles. The largest absolute Gasteiger partial charge is 0.309 e. The van der Waals surface area contributed by atoms with E-state index >= 15 is 0 Å². The minimum Gasteiger partial charge on any atom is -0.309 e. The van der Waals surface area contributed by atoms with E-state index in [4.69, 9.17) is 0 Å². The van der Waals surface area contributed by atoms with E-state index in [2.05, 4.69) is 224 Å². The van der Waals surface area contributed by atoms with Crippen LogP contribution < -0.4 is 36.3 Å². The first kappa shape index (κ1) is 31.9. The summed E-state index contributed by atoms with van der Waals surface area (Å²) in [5, 5.41) is 12.6. The SMILES string of the molecule is Cc1ccccc1[Si](c1ccccc1)(c1ccccc1)c1ccccc1[SiH](c1ccccc1)c1cccc(-n2c3ccccc3c3ccccc32)c1. The van der Waals surface area contributed by atoms with E-state index in [0.717, 1.165) is 0 Å². The van der Waals surface area contributed by atoms with Crippen LogP contribution >= 0.6 is 0 Å². The third-order valence-corrected chi connectivity index (χ3v) is 19.3. The molecule has 0 aliphatic heterocycles. The highest BCUT2D eigenvalue weighted by atomic mass is 28.3. The number of hydrogen-bond acceptors (Lipinski definition) is 0. The zero-order valence-corrected chi connectivity index (χ0v) is 31.4. The number of para-hydroxylation sites is 2. The molecule has 0 saturated heterocycles. The molecule has 8 aromatic carbocycles. The maximum Gasteiger partial charge on any atom is 0.179 e. The molecular formula is C49H39NSi2. The van der Waals surface area contributed by atoms with Crippen LogP contribution in [0.2, 0.25) is 0 Å². The summed E-state index contributed by atoms with van der Waals surface area (Å²) in [7, 11) is -4.90. The maximum atomic E-state index is 2.49. The lowest BCUT2D eigenvalue weighted by atomic mass is 10.2. The molecule has 1 aromatic heterocycles. The summed E-state index contributed by atoms with van der Waals surface area (Å²) in [5.74, 6) is 0. The average molecular weight is 698 g/mol. The van der Waals surface area contributed by atoms with E-state index < -0.39 is 16.9 Å². The van der Waals surface area contributed by atoms with E-state index in [-0.39, 0.29) is 0 Å². The van der Waals surface area contributed by atoms with Gasteiger partial charge in [-0.05, 0) is 51.9 Å². The maximum absolute atomic E-state index is 2.83. The predicted octanol–water partition coefficient (Wildman–Crippen LogP) is 6.72. The lowest BCUT2D eigenvalue weighted by Crippen LogP contribution is -2.79. The van der Waals surface area contributed by atoms with Crippen molar-refractivity contribution in [1.82, 2.24) is 4.57 Å². The van der Waals surface area contributed by atoms with Crippen LogP contribution in [0.5, 0.6) is 0 Å². The highest BCUT2D eigenvalue weighted by Gasteiger charge is 2.44. The van der Waals surface area contributed by atoms with Crippen molar-refractivity contribution in [2.45, 2.75) is 6.92 Å². The molecule has 248 valence electrons. The van der Waals surface area contributed by atoms with Gasteiger partial charge in [0.25, 0.3) is 0 Å². The Kier molecular flexibility index (Phi) is 8.36. The molecule has 1 atom stereocenters. The van der Waals surface area contributed by atoms with Gasteiger partial charge in [-0.3, -0.25) is 0 Å². The summed E-state index contributed by atoms with van der Waals surface area (Å²) < 4.78 is 2.46. The van der Waals surface area contributed by atoms with Crippen molar-refractivity contribution in [2.75, 3.05) is 0 Å². The molecule has 0 amide bonds. The normalized spacial score (nSPS) is 12.2. The summed E-state index contributed by atoms with van der Waals surface area (Å²) in [6.07, 6.45) is 0. The minimum atomic E-state index is -2.83. The lowest BCUT2D eigenvalue weighted by molar-refractivity contribution is 1.18. The molecular weight excluding hydrogens is 659 g/mol. The van der Waals surface area contributed by atoms with Crippen molar-refractivity contribution in [3.05, 3.63) is 218 Å². The smallest absolute Gasteiger partial charge is 0.179 e. The third-order valence-electron chi connectivity index (χ3n) is 10.8. The Bertz CT molecular complexity index is 2550. The molecule has 1 unspecified atom stereocenters. The highest BCUT2D eigenvalue weighted by molar-refractivity contribution is 7.22. The first-order valence-corrected chi connectivity index (χ1v) is 21.9. The second kappa shape index (κ2) is 13.6. The topological polar surface area (TPSA) is 4.93 Å². The van der Waals surface area contributed by atoms with Gasteiger partial charge in [-0.25, -0.2) is 0 Å². The number of rotatable bonds is 8. The van der Waals surface area contributed by atoms with Gasteiger partial charge in [-0.1, -0.05) is 209 Å². The molecule has 9 rings (SSSR count). The van der Waals surface area contributed by atoms with Crippen molar-refractivity contribution < 1.29 is 0 Å². The minimum absolute atomic E-state index is 1.20. The van der Waals surface area contributed by atoms with Crippen molar-refractivity contribution in [3.63, 3.8) is 0 Å². The van der Waals surface area contributed by atoms with Crippen LogP contribution in [-0.2, 0) is 0 Å². The zero-order valence-electron chi connectivity index (χ0n) is 29.2. The number of nitrogens with zero attached hydrogens (tertiary/aromatic N) is 1. The van der Waals surface area contributed by atoms with Gasteiger partial charge in [-0.2, -0.15) is 0 Å².